The molecule has 5 aromatic rings. The van der Waals surface area contributed by atoms with Gasteiger partial charge in [0.1, 0.15) is 17.9 Å². The Bertz CT molecular complexity index is 2840. The molecule has 1 spiro atoms. The summed E-state index contributed by atoms with van der Waals surface area (Å²) in [6.07, 6.45) is 16.5. The zero-order chi connectivity index (χ0) is 49.3. The molecule has 3 aliphatic carbocycles. The number of carbonyl (C=O) groups is 4. The molecule has 0 bridgehead atoms. The van der Waals surface area contributed by atoms with Crippen molar-refractivity contribution in [1.29, 1.82) is 0 Å². The quantitative estimate of drug-likeness (QED) is 0.106. The van der Waals surface area contributed by atoms with Gasteiger partial charge in [0.05, 0.1) is 49.4 Å². The van der Waals surface area contributed by atoms with Crippen LogP contribution in [-0.4, -0.2) is 99.7 Å². The van der Waals surface area contributed by atoms with Crippen LogP contribution in [0.1, 0.15) is 120 Å². The van der Waals surface area contributed by atoms with Crippen molar-refractivity contribution in [2.75, 3.05) is 33.9 Å². The number of aromatic nitrogens is 4. The Morgan fingerprint density at radius 2 is 1.30 bits per heavy atom. The summed E-state index contributed by atoms with van der Waals surface area (Å²) in [6.45, 7) is 9.90. The molecule has 4 heterocycles. The number of likely N-dealkylation sites (tertiary alicyclic amines) is 2. The summed E-state index contributed by atoms with van der Waals surface area (Å²) in [5.74, 6) is 0.652. The third kappa shape index (κ3) is 9.55. The number of ether oxygens (including phenoxy) is 2. The van der Waals surface area contributed by atoms with E-state index in [1.807, 2.05) is 50.9 Å². The van der Waals surface area contributed by atoms with Gasteiger partial charge in [-0.3, -0.25) is 14.4 Å². The number of hydrogen-bond acceptors (Lipinski definition) is 9. The first-order chi connectivity index (χ1) is 33.8. The number of nitrogens with one attached hydrogen (secondary N) is 4. The molecule has 4 amide bonds. The van der Waals surface area contributed by atoms with E-state index < -0.39 is 24.3 Å². The van der Waals surface area contributed by atoms with Crippen LogP contribution < -0.4 is 16.2 Å². The van der Waals surface area contributed by atoms with Gasteiger partial charge in [-0.05, 0) is 145 Å². The van der Waals surface area contributed by atoms with Crippen LogP contribution in [0.3, 0.4) is 0 Å². The summed E-state index contributed by atoms with van der Waals surface area (Å²) in [7, 11) is 2.61. The van der Waals surface area contributed by atoms with Gasteiger partial charge in [-0.15, -0.1) is 0 Å². The molecule has 3 fully saturated rings. The average Bonchev–Trinajstić information content (AvgIpc) is 4.23. The summed E-state index contributed by atoms with van der Waals surface area (Å²) in [5.41, 5.74) is 13.8. The molecule has 15 nitrogen and oxygen atoms in total. The molecule has 1 saturated carbocycles. The van der Waals surface area contributed by atoms with Crippen molar-refractivity contribution in [3.63, 3.8) is 0 Å². The van der Waals surface area contributed by atoms with Gasteiger partial charge >= 0.3 is 12.2 Å². The van der Waals surface area contributed by atoms with E-state index in [2.05, 4.69) is 60.7 Å². The second-order valence-electron chi connectivity index (χ2n) is 20.7. The molecule has 10 rings (SSSR count). The van der Waals surface area contributed by atoms with E-state index in [4.69, 9.17) is 9.72 Å². The third-order valence-corrected chi connectivity index (χ3v) is 15.7. The lowest BCUT2D eigenvalue weighted by molar-refractivity contribution is -0.135. The number of H-pyrrole nitrogens is 2. The molecule has 3 aromatic carbocycles. The highest BCUT2D eigenvalue weighted by molar-refractivity contribution is 5.89. The molecule has 15 heteroatoms. The number of imidazole rings is 1. The first kappa shape index (κ1) is 48.5. The molecule has 2 aliphatic heterocycles. The van der Waals surface area contributed by atoms with Crippen LogP contribution in [0.2, 0.25) is 0 Å². The van der Waals surface area contributed by atoms with Crippen LogP contribution in [0.4, 0.5) is 9.59 Å². The number of amides is 4. The average molecular weight is 953 g/mol. The maximum absolute atomic E-state index is 13.8. The highest BCUT2D eigenvalue weighted by Crippen LogP contribution is 2.54. The fourth-order valence-corrected chi connectivity index (χ4v) is 12.0. The van der Waals surface area contributed by atoms with Gasteiger partial charge in [0.25, 0.3) is 5.56 Å². The van der Waals surface area contributed by atoms with Gasteiger partial charge in [0.15, 0.2) is 0 Å². The van der Waals surface area contributed by atoms with Crippen LogP contribution >= 0.6 is 0 Å². The molecule has 2 aromatic heterocycles. The van der Waals surface area contributed by atoms with Gasteiger partial charge in [-0.25, -0.2) is 19.6 Å². The van der Waals surface area contributed by atoms with Gasteiger partial charge in [-0.1, -0.05) is 70.9 Å². The Morgan fingerprint density at radius 1 is 0.700 bits per heavy atom. The summed E-state index contributed by atoms with van der Waals surface area (Å²) < 4.78 is 9.34. The van der Waals surface area contributed by atoms with Crippen molar-refractivity contribution in [2.24, 2.45) is 17.3 Å². The van der Waals surface area contributed by atoms with E-state index in [1.165, 1.54) is 90.7 Å². The van der Waals surface area contributed by atoms with Crippen molar-refractivity contribution in [2.45, 2.75) is 129 Å². The standard InChI is InChI=1S/C44H48N6O4.C11H20N2O3/c1-25(2)39(49-43(53)54-3)42(52)50-19-7-10-38(50)40-45-23-37(48-40)32-15-14-30(28-8-6-9-29(28)32)31-13-12-27(34-21-44(22-35(31)34)17-4-5-18-44)26-11-16-36-33(20-26)41(51)47-24-46-36;1-8(2)9(12-11(15)16-3)10(14)13-6-4-5-7-13/h11-16,20,23-25,38-39H,4-10,17-19,21-22H2,1-3H3,(H,45,48)(H,49,53)(H,46,47,51);8-9H,4-7H2,1-3H3,(H,12,15). The molecule has 2 saturated heterocycles. The maximum Gasteiger partial charge on any atom is 0.407 e. The van der Waals surface area contributed by atoms with Crippen LogP contribution in [0.15, 0.2) is 59.8 Å². The number of fused-ring (bicyclic) bond motifs is 3. The second-order valence-corrected chi connectivity index (χ2v) is 20.7. The number of aromatic amines is 2. The number of nitrogens with zero attached hydrogens (tertiary/aromatic N) is 4. The molecule has 70 heavy (non-hydrogen) atoms. The lowest BCUT2D eigenvalue weighted by Gasteiger charge is -2.30. The molecule has 370 valence electrons. The van der Waals surface area contributed by atoms with E-state index in [0.717, 1.165) is 88.0 Å². The monoisotopic (exact) mass is 953 g/mol. The summed E-state index contributed by atoms with van der Waals surface area (Å²) >= 11 is 0. The lowest BCUT2D eigenvalue weighted by Crippen LogP contribution is -2.51. The molecule has 3 unspecified atom stereocenters. The fraction of sp³-hybridized carbons (Fsp3) is 0.509. The third-order valence-electron chi connectivity index (χ3n) is 15.7. The zero-order valence-electron chi connectivity index (χ0n) is 41.5. The Morgan fingerprint density at radius 3 is 1.96 bits per heavy atom. The number of benzene rings is 3. The summed E-state index contributed by atoms with van der Waals surface area (Å²) in [4.78, 5) is 81.1. The summed E-state index contributed by atoms with van der Waals surface area (Å²) in [6, 6.07) is 14.0. The van der Waals surface area contributed by atoms with Crippen LogP contribution in [-0.2, 0) is 44.7 Å². The first-order valence-corrected chi connectivity index (χ1v) is 25.4. The van der Waals surface area contributed by atoms with E-state index in [1.54, 1.807) is 4.90 Å². The Labute approximate surface area is 409 Å². The highest BCUT2D eigenvalue weighted by atomic mass is 16.5. The highest BCUT2D eigenvalue weighted by Gasteiger charge is 2.42. The smallest absolute Gasteiger partial charge is 0.407 e. The molecular formula is C55H68N8O7. The largest absolute Gasteiger partial charge is 0.453 e. The minimum absolute atomic E-state index is 0.00194. The summed E-state index contributed by atoms with van der Waals surface area (Å²) in [5, 5.41) is 5.96. The number of hydrogen-bond donors (Lipinski definition) is 4. The number of carbonyl (C=O) groups excluding carboxylic acids is 4. The minimum Gasteiger partial charge on any atom is -0.453 e. The topological polar surface area (TPSA) is 192 Å². The van der Waals surface area contributed by atoms with E-state index >= 15 is 0 Å². The van der Waals surface area contributed by atoms with Crippen molar-refractivity contribution < 1.29 is 28.7 Å². The van der Waals surface area contributed by atoms with Gasteiger partial charge in [0.2, 0.25) is 11.8 Å². The number of rotatable bonds is 10. The Kier molecular flexibility index (Phi) is 14.2. The Hall–Kier alpha value is -6.51. The van der Waals surface area contributed by atoms with Gasteiger partial charge in [0, 0.05) is 25.2 Å². The van der Waals surface area contributed by atoms with Crippen molar-refractivity contribution >= 4 is 34.9 Å². The Balaban J connectivity index is 0.000000325. The SMILES string of the molecule is COC(=O)NC(C(=O)N1CCCC1)C(C)C.COC(=O)NC(C(=O)N1CCCC1c1ncc(-c2ccc(-c3ccc(-c4ccc5nc[nH]c(=O)c5c4)c4c3CC3(CCCC3)C4)c3c2CCC3)[nH]1)C(C)C. The normalized spacial score (nSPS) is 18.7. The molecule has 0 radical (unpaired) electrons. The van der Waals surface area contributed by atoms with Gasteiger partial charge in [-0.2, -0.15) is 0 Å². The maximum atomic E-state index is 13.8. The minimum atomic E-state index is -0.670. The van der Waals surface area contributed by atoms with Crippen molar-refractivity contribution in [3.05, 3.63) is 93.4 Å². The first-order valence-electron chi connectivity index (χ1n) is 25.4. The van der Waals surface area contributed by atoms with E-state index in [9.17, 15) is 24.0 Å². The predicted octanol–water partition coefficient (Wildman–Crippen LogP) is 8.83. The molecule has 4 N–H and O–H groups in total. The number of alkyl carbamates (subject to hydrolysis) is 2. The van der Waals surface area contributed by atoms with Crippen LogP contribution in [0.5, 0.6) is 0 Å². The van der Waals surface area contributed by atoms with Gasteiger partial charge < -0.3 is 39.9 Å². The molecule has 3 atom stereocenters. The molecule has 5 aliphatic rings. The lowest BCUT2D eigenvalue weighted by atomic mass is 9.82. The van der Waals surface area contributed by atoms with E-state index in [0.29, 0.717) is 22.9 Å². The fourth-order valence-electron chi connectivity index (χ4n) is 12.0. The number of methoxy groups -OCH3 is 2. The molecular weight excluding hydrogens is 885 g/mol. The van der Waals surface area contributed by atoms with Crippen LogP contribution in [0, 0.1) is 17.3 Å². The van der Waals surface area contributed by atoms with E-state index in [-0.39, 0.29) is 35.3 Å². The zero-order valence-corrected chi connectivity index (χ0v) is 41.5. The van der Waals surface area contributed by atoms with Crippen molar-refractivity contribution in [3.8, 4) is 33.5 Å². The van der Waals surface area contributed by atoms with Crippen LogP contribution in [0.25, 0.3) is 44.4 Å². The van der Waals surface area contributed by atoms with Crippen molar-refractivity contribution in [1.82, 2.24) is 40.4 Å². The predicted molar refractivity (Wildman–Crippen MR) is 269 cm³/mol. The second kappa shape index (κ2) is 20.4.